The number of esters is 2. The van der Waals surface area contributed by atoms with E-state index in [9.17, 15) is 9.59 Å². The van der Waals surface area contributed by atoms with Crippen molar-refractivity contribution < 1.29 is 23.8 Å². The first-order valence-corrected chi connectivity index (χ1v) is 11.1. The molecule has 0 N–H and O–H groups in total. The van der Waals surface area contributed by atoms with Crippen LogP contribution in [0, 0.1) is 23.7 Å². The highest BCUT2D eigenvalue weighted by Gasteiger charge is 2.72. The van der Waals surface area contributed by atoms with E-state index in [0.717, 1.165) is 16.7 Å². The van der Waals surface area contributed by atoms with Crippen LogP contribution in [0.15, 0.2) is 72.8 Å². The second-order valence-corrected chi connectivity index (χ2v) is 8.85. The van der Waals surface area contributed by atoms with Crippen LogP contribution in [-0.2, 0) is 37.0 Å². The van der Waals surface area contributed by atoms with Crippen molar-refractivity contribution in [1.29, 1.82) is 0 Å². The van der Waals surface area contributed by atoms with Gasteiger partial charge in [-0.15, -0.1) is 0 Å². The third-order valence-corrected chi connectivity index (χ3v) is 7.06. The number of fused-ring (bicyclic) bond motifs is 1. The van der Waals surface area contributed by atoms with Gasteiger partial charge in [0, 0.05) is 19.4 Å². The lowest BCUT2D eigenvalue weighted by Gasteiger charge is -2.34. The van der Waals surface area contributed by atoms with Gasteiger partial charge in [-0.3, -0.25) is 9.59 Å². The van der Waals surface area contributed by atoms with Crippen LogP contribution >= 0.6 is 0 Å². The zero-order valence-corrected chi connectivity index (χ0v) is 18.7. The molecule has 168 valence electrons. The van der Waals surface area contributed by atoms with Gasteiger partial charge in [-0.25, -0.2) is 0 Å². The summed E-state index contributed by atoms with van der Waals surface area (Å²) in [5.74, 6) is -1.12. The van der Waals surface area contributed by atoms with Gasteiger partial charge in [0.1, 0.15) is 13.2 Å². The van der Waals surface area contributed by atoms with Crippen LogP contribution < -0.4 is 0 Å². The molecule has 32 heavy (non-hydrogen) atoms. The number of benzene rings is 2. The minimum Gasteiger partial charge on any atom is -0.461 e. The lowest BCUT2D eigenvalue weighted by Crippen LogP contribution is -2.39. The molecule has 0 radical (unpaired) electrons. The Kier molecular flexibility index (Phi) is 6.47. The van der Waals surface area contributed by atoms with Gasteiger partial charge in [0.2, 0.25) is 0 Å². The molecule has 2 saturated carbocycles. The number of carbonyl (C=O) groups excluding carboxylic acids is 2. The van der Waals surface area contributed by atoms with E-state index in [1.54, 1.807) is 7.11 Å². The number of methoxy groups -OCH3 is 1. The Labute approximate surface area is 189 Å². The van der Waals surface area contributed by atoms with Crippen LogP contribution in [0.2, 0.25) is 0 Å². The predicted octanol–water partition coefficient (Wildman–Crippen LogP) is 4.71. The van der Waals surface area contributed by atoms with Crippen LogP contribution in [0.4, 0.5) is 0 Å². The summed E-state index contributed by atoms with van der Waals surface area (Å²) in [6, 6.07) is 19.2. The molecule has 0 aromatic heterocycles. The number of hydrogen-bond acceptors (Lipinski definition) is 5. The highest BCUT2D eigenvalue weighted by atomic mass is 16.5. The van der Waals surface area contributed by atoms with Crippen LogP contribution in [0.25, 0.3) is 0 Å². The first kappa shape index (κ1) is 22.3. The maximum Gasteiger partial charge on any atom is 0.309 e. The predicted molar refractivity (Wildman–Crippen MR) is 120 cm³/mol. The Morgan fingerprint density at radius 3 is 2.09 bits per heavy atom. The third kappa shape index (κ3) is 4.22. The van der Waals surface area contributed by atoms with Crippen LogP contribution in [0.1, 0.15) is 30.9 Å². The molecule has 0 heterocycles. The fraction of sp³-hybridized carbons (Fsp3) is 0.407. The molecule has 0 saturated heterocycles. The smallest absolute Gasteiger partial charge is 0.309 e. The molecule has 0 aliphatic heterocycles. The molecule has 0 bridgehead atoms. The molecule has 2 aromatic rings. The second-order valence-electron chi connectivity index (χ2n) is 8.85. The number of rotatable bonds is 8. The Balaban J connectivity index is 1.45. The zero-order chi connectivity index (χ0) is 22.7. The Morgan fingerprint density at radius 2 is 1.53 bits per heavy atom. The van der Waals surface area contributed by atoms with E-state index in [1.807, 2.05) is 60.7 Å². The second kappa shape index (κ2) is 9.29. The van der Waals surface area contributed by atoms with E-state index in [-0.39, 0.29) is 49.3 Å². The lowest BCUT2D eigenvalue weighted by atomic mass is 9.74. The molecule has 2 aliphatic carbocycles. The molecule has 2 aromatic carbocycles. The highest BCUT2D eigenvalue weighted by molar-refractivity contribution is 5.77. The summed E-state index contributed by atoms with van der Waals surface area (Å²) in [6.45, 7) is 6.75. The zero-order valence-electron chi connectivity index (χ0n) is 18.7. The molecular formula is C27H30O5. The first-order chi connectivity index (χ1) is 15.5. The molecule has 5 atom stereocenters. The SMILES string of the molecule is C=C1C[C@H](CC(=O)OCc2ccccc2)C(C(=O)OCc2ccccc2)C2[C@H](C)C12OC. The van der Waals surface area contributed by atoms with Gasteiger partial charge in [0.25, 0.3) is 0 Å². The van der Waals surface area contributed by atoms with Gasteiger partial charge in [0.05, 0.1) is 11.5 Å². The number of hydrogen-bond donors (Lipinski definition) is 0. The molecule has 2 fully saturated rings. The summed E-state index contributed by atoms with van der Waals surface area (Å²) in [4.78, 5) is 25.9. The maximum atomic E-state index is 13.2. The fourth-order valence-electron chi connectivity index (χ4n) is 5.43. The fourth-order valence-corrected chi connectivity index (χ4v) is 5.43. The molecule has 3 unspecified atom stereocenters. The Morgan fingerprint density at radius 1 is 0.969 bits per heavy atom. The molecule has 0 spiro atoms. The van der Waals surface area contributed by atoms with Crippen molar-refractivity contribution in [2.24, 2.45) is 23.7 Å². The van der Waals surface area contributed by atoms with Crippen LogP contribution in [-0.4, -0.2) is 24.6 Å². The number of carbonyl (C=O) groups is 2. The average Bonchev–Trinajstić information content (AvgIpc) is 3.43. The molecule has 0 amide bonds. The van der Waals surface area contributed by atoms with Crippen molar-refractivity contribution >= 4 is 11.9 Å². The van der Waals surface area contributed by atoms with Gasteiger partial charge in [-0.2, -0.15) is 0 Å². The number of ether oxygens (including phenoxy) is 3. The summed E-state index contributed by atoms with van der Waals surface area (Å²) < 4.78 is 17.1. The summed E-state index contributed by atoms with van der Waals surface area (Å²) in [7, 11) is 1.67. The third-order valence-electron chi connectivity index (χ3n) is 7.06. The van der Waals surface area contributed by atoms with Gasteiger partial charge in [0.15, 0.2) is 0 Å². The molecule has 5 nitrogen and oxygen atoms in total. The van der Waals surface area contributed by atoms with Gasteiger partial charge < -0.3 is 14.2 Å². The molecule has 2 aliphatic rings. The summed E-state index contributed by atoms with van der Waals surface area (Å²) >= 11 is 0. The normalized spacial score (nSPS) is 28.5. The van der Waals surface area contributed by atoms with Crippen molar-refractivity contribution in [2.75, 3.05) is 7.11 Å². The molecule has 4 rings (SSSR count). The summed E-state index contributed by atoms with van der Waals surface area (Å²) in [6.07, 6.45) is 0.695. The van der Waals surface area contributed by atoms with E-state index in [4.69, 9.17) is 14.2 Å². The minimum atomic E-state index is -0.499. The summed E-state index contributed by atoms with van der Waals surface area (Å²) in [5.41, 5.74) is 2.31. The van der Waals surface area contributed by atoms with Crippen molar-refractivity contribution in [3.05, 3.63) is 83.9 Å². The molecule has 5 heteroatoms. The van der Waals surface area contributed by atoms with Crippen molar-refractivity contribution in [3.8, 4) is 0 Å². The summed E-state index contributed by atoms with van der Waals surface area (Å²) in [5, 5.41) is 0. The van der Waals surface area contributed by atoms with Crippen molar-refractivity contribution in [1.82, 2.24) is 0 Å². The lowest BCUT2D eigenvalue weighted by molar-refractivity contribution is -0.157. The Hall–Kier alpha value is -2.92. The van der Waals surface area contributed by atoms with E-state index in [2.05, 4.69) is 13.5 Å². The van der Waals surface area contributed by atoms with Gasteiger partial charge in [-0.1, -0.05) is 74.2 Å². The van der Waals surface area contributed by atoms with Crippen molar-refractivity contribution in [3.63, 3.8) is 0 Å². The monoisotopic (exact) mass is 434 g/mol. The quantitative estimate of drug-likeness (QED) is 0.445. The van der Waals surface area contributed by atoms with Gasteiger partial charge >= 0.3 is 11.9 Å². The highest BCUT2D eigenvalue weighted by Crippen LogP contribution is 2.67. The van der Waals surface area contributed by atoms with Gasteiger partial charge in [-0.05, 0) is 35.0 Å². The minimum absolute atomic E-state index is 0.0380. The van der Waals surface area contributed by atoms with E-state index in [1.165, 1.54) is 0 Å². The van der Waals surface area contributed by atoms with E-state index < -0.39 is 11.5 Å². The molecular weight excluding hydrogens is 404 g/mol. The van der Waals surface area contributed by atoms with Crippen molar-refractivity contribution in [2.45, 2.75) is 38.6 Å². The Bertz CT molecular complexity index is 970. The topological polar surface area (TPSA) is 61.8 Å². The first-order valence-electron chi connectivity index (χ1n) is 11.1. The van der Waals surface area contributed by atoms with E-state index in [0.29, 0.717) is 6.42 Å². The van der Waals surface area contributed by atoms with Crippen LogP contribution in [0.5, 0.6) is 0 Å². The average molecular weight is 435 g/mol. The largest absolute Gasteiger partial charge is 0.461 e. The maximum absolute atomic E-state index is 13.2. The van der Waals surface area contributed by atoms with E-state index >= 15 is 0 Å². The van der Waals surface area contributed by atoms with Crippen LogP contribution in [0.3, 0.4) is 0 Å². The standard InChI is InChI=1S/C27H30O5/c1-18-14-22(15-23(28)31-16-20-10-6-4-7-11-20)24(25-19(2)27(18,25)30-3)26(29)32-17-21-12-8-5-9-13-21/h4-13,19,22,24-25H,1,14-17H2,2-3H3/t19-,22+,24?,25?,27?/m0/s1.